The molecule has 0 saturated carbocycles. The van der Waals surface area contributed by atoms with E-state index in [1.54, 1.807) is 24.3 Å². The Bertz CT molecular complexity index is 912. The average Bonchev–Trinajstić information content (AvgIpc) is 2.69. The number of hydrogen-bond acceptors (Lipinski definition) is 3. The highest BCUT2D eigenvalue weighted by molar-refractivity contribution is 6.36. The fourth-order valence-electron chi connectivity index (χ4n) is 2.67. The van der Waals surface area contributed by atoms with Gasteiger partial charge in [-0.15, -0.1) is 0 Å². The van der Waals surface area contributed by atoms with Crippen molar-refractivity contribution in [2.75, 3.05) is 11.9 Å². The molecule has 28 heavy (non-hydrogen) atoms. The smallest absolute Gasteiger partial charge is 0.163 e. The molecule has 0 aliphatic carbocycles. The van der Waals surface area contributed by atoms with Gasteiger partial charge in [0.2, 0.25) is 0 Å². The van der Waals surface area contributed by atoms with Crippen molar-refractivity contribution in [2.24, 2.45) is 0 Å². The van der Waals surface area contributed by atoms with Gasteiger partial charge in [-0.3, -0.25) is 0 Å². The molecule has 0 spiro atoms. The molecule has 0 radical (unpaired) electrons. The average molecular weight is 437 g/mol. The Hall–Kier alpha value is -2.07. The summed E-state index contributed by atoms with van der Waals surface area (Å²) in [6.45, 7) is 3.22. The van der Waals surface area contributed by atoms with Crippen molar-refractivity contribution in [1.82, 2.24) is 0 Å². The molecule has 146 valence electrons. The van der Waals surface area contributed by atoms with Gasteiger partial charge >= 0.3 is 0 Å². The second-order valence-electron chi connectivity index (χ2n) is 6.03. The van der Waals surface area contributed by atoms with Crippen LogP contribution in [-0.2, 0) is 13.2 Å². The number of halogens is 3. The van der Waals surface area contributed by atoms with E-state index in [9.17, 15) is 0 Å². The van der Waals surface area contributed by atoms with E-state index in [-0.39, 0.29) is 6.61 Å². The van der Waals surface area contributed by atoms with E-state index in [4.69, 9.17) is 44.3 Å². The van der Waals surface area contributed by atoms with Gasteiger partial charge in [0.1, 0.15) is 6.61 Å². The van der Waals surface area contributed by atoms with Crippen LogP contribution in [0.4, 0.5) is 5.69 Å². The lowest BCUT2D eigenvalue weighted by atomic mass is 10.2. The predicted molar refractivity (Wildman–Crippen MR) is 117 cm³/mol. The highest BCUT2D eigenvalue weighted by Gasteiger charge is 2.13. The summed E-state index contributed by atoms with van der Waals surface area (Å²) in [4.78, 5) is 0. The molecule has 0 aromatic heterocycles. The highest BCUT2D eigenvalue weighted by Crippen LogP contribution is 2.35. The number of para-hydroxylation sites is 1. The van der Waals surface area contributed by atoms with Crippen LogP contribution in [0.15, 0.2) is 60.7 Å². The molecule has 0 bridgehead atoms. The quantitative estimate of drug-likeness (QED) is 0.404. The Labute approximate surface area is 180 Å². The van der Waals surface area contributed by atoms with Crippen molar-refractivity contribution in [3.05, 3.63) is 86.9 Å². The second-order valence-corrected chi connectivity index (χ2v) is 7.25. The van der Waals surface area contributed by atoms with E-state index < -0.39 is 0 Å². The molecule has 0 fully saturated rings. The maximum Gasteiger partial charge on any atom is 0.163 e. The van der Waals surface area contributed by atoms with Gasteiger partial charge in [-0.1, -0.05) is 59.1 Å². The Kier molecular flexibility index (Phi) is 7.32. The van der Waals surface area contributed by atoms with Crippen LogP contribution in [0.1, 0.15) is 18.1 Å². The first-order chi connectivity index (χ1) is 13.6. The first-order valence-electron chi connectivity index (χ1n) is 8.88. The van der Waals surface area contributed by atoms with Crippen LogP contribution in [0.25, 0.3) is 0 Å². The lowest BCUT2D eigenvalue weighted by Crippen LogP contribution is -2.04. The van der Waals surface area contributed by atoms with Crippen LogP contribution in [-0.4, -0.2) is 6.61 Å². The summed E-state index contributed by atoms with van der Waals surface area (Å²) >= 11 is 18.9. The van der Waals surface area contributed by atoms with Gasteiger partial charge in [0.05, 0.1) is 6.61 Å². The third-order valence-corrected chi connectivity index (χ3v) is 5.16. The Morgan fingerprint density at radius 1 is 0.786 bits per heavy atom. The number of nitrogens with one attached hydrogen (secondary N) is 1. The molecule has 3 aromatic rings. The summed E-state index contributed by atoms with van der Waals surface area (Å²) in [5.41, 5.74) is 2.65. The van der Waals surface area contributed by atoms with Crippen molar-refractivity contribution >= 4 is 40.5 Å². The minimum atomic E-state index is 0.219. The van der Waals surface area contributed by atoms with E-state index in [0.717, 1.165) is 16.8 Å². The van der Waals surface area contributed by atoms with Gasteiger partial charge < -0.3 is 14.8 Å². The maximum atomic E-state index is 6.48. The summed E-state index contributed by atoms with van der Waals surface area (Å²) < 4.78 is 11.7. The summed E-state index contributed by atoms with van der Waals surface area (Å²) in [6.07, 6.45) is 0. The predicted octanol–water partition coefficient (Wildman–Crippen LogP) is 7.24. The molecule has 0 atom stereocenters. The van der Waals surface area contributed by atoms with Crippen molar-refractivity contribution in [1.29, 1.82) is 0 Å². The molecular formula is C22H20Cl3NO2. The number of anilines is 1. The molecule has 6 heteroatoms. The standard InChI is InChI=1S/C22H20Cl3NO2/c1-2-27-21-11-15(13-26-16-7-4-3-5-8-16)20(25)12-22(21)28-14-17-18(23)9-6-10-19(17)24/h3-12,26H,2,13-14H2,1H3. The molecule has 0 amide bonds. The topological polar surface area (TPSA) is 30.5 Å². The number of ether oxygens (including phenoxy) is 2. The van der Waals surface area contributed by atoms with E-state index >= 15 is 0 Å². The summed E-state index contributed by atoms with van der Waals surface area (Å²) in [7, 11) is 0. The molecule has 0 heterocycles. The molecule has 3 aromatic carbocycles. The largest absolute Gasteiger partial charge is 0.490 e. The normalized spacial score (nSPS) is 10.6. The Balaban J connectivity index is 1.78. The second kappa shape index (κ2) is 9.92. The molecule has 1 N–H and O–H groups in total. The lowest BCUT2D eigenvalue weighted by molar-refractivity contribution is 0.269. The third kappa shape index (κ3) is 5.26. The first kappa shape index (κ1) is 20.7. The fraction of sp³-hybridized carbons (Fsp3) is 0.182. The minimum absolute atomic E-state index is 0.219. The molecular weight excluding hydrogens is 417 g/mol. The van der Waals surface area contributed by atoms with Crippen LogP contribution in [0.5, 0.6) is 11.5 Å². The number of hydrogen-bond donors (Lipinski definition) is 1. The molecule has 0 unspecified atom stereocenters. The van der Waals surface area contributed by atoms with Crippen LogP contribution in [0.3, 0.4) is 0 Å². The van der Waals surface area contributed by atoms with Crippen molar-refractivity contribution in [3.8, 4) is 11.5 Å². The van der Waals surface area contributed by atoms with Gasteiger partial charge in [-0.25, -0.2) is 0 Å². The molecule has 0 aliphatic rings. The van der Waals surface area contributed by atoms with Crippen molar-refractivity contribution < 1.29 is 9.47 Å². The minimum Gasteiger partial charge on any atom is -0.490 e. The highest BCUT2D eigenvalue weighted by atomic mass is 35.5. The Morgan fingerprint density at radius 3 is 2.14 bits per heavy atom. The zero-order chi connectivity index (χ0) is 19.9. The zero-order valence-electron chi connectivity index (χ0n) is 15.3. The van der Waals surface area contributed by atoms with Crippen LogP contribution in [0.2, 0.25) is 15.1 Å². The van der Waals surface area contributed by atoms with Crippen molar-refractivity contribution in [3.63, 3.8) is 0 Å². The Morgan fingerprint density at radius 2 is 1.46 bits per heavy atom. The monoisotopic (exact) mass is 435 g/mol. The molecule has 3 rings (SSSR count). The number of benzene rings is 3. The molecule has 3 nitrogen and oxygen atoms in total. The summed E-state index contributed by atoms with van der Waals surface area (Å²) in [5, 5.41) is 5.05. The third-order valence-electron chi connectivity index (χ3n) is 4.10. The van der Waals surface area contributed by atoms with E-state index in [2.05, 4.69) is 5.32 Å². The van der Waals surface area contributed by atoms with Crippen LogP contribution in [0, 0.1) is 0 Å². The maximum absolute atomic E-state index is 6.48. The SMILES string of the molecule is CCOc1cc(CNc2ccccc2)c(Cl)cc1OCc1c(Cl)cccc1Cl. The molecule has 0 aliphatic heterocycles. The lowest BCUT2D eigenvalue weighted by Gasteiger charge is -2.16. The van der Waals surface area contributed by atoms with Crippen LogP contribution < -0.4 is 14.8 Å². The fourth-order valence-corrected chi connectivity index (χ4v) is 3.39. The van der Waals surface area contributed by atoms with Gasteiger partial charge in [0, 0.05) is 38.9 Å². The van der Waals surface area contributed by atoms with Gasteiger partial charge in [0.15, 0.2) is 11.5 Å². The van der Waals surface area contributed by atoms with E-state index in [1.807, 2.05) is 43.3 Å². The van der Waals surface area contributed by atoms with Gasteiger partial charge in [-0.2, -0.15) is 0 Å². The van der Waals surface area contributed by atoms with Gasteiger partial charge in [0.25, 0.3) is 0 Å². The summed E-state index contributed by atoms with van der Waals surface area (Å²) in [5.74, 6) is 1.17. The van der Waals surface area contributed by atoms with Crippen molar-refractivity contribution in [2.45, 2.75) is 20.1 Å². The van der Waals surface area contributed by atoms with E-state index in [1.165, 1.54) is 0 Å². The van der Waals surface area contributed by atoms with E-state index in [0.29, 0.717) is 39.7 Å². The van der Waals surface area contributed by atoms with Crippen LogP contribution >= 0.6 is 34.8 Å². The zero-order valence-corrected chi connectivity index (χ0v) is 17.6. The number of rotatable bonds is 8. The van der Waals surface area contributed by atoms with Gasteiger partial charge in [-0.05, 0) is 42.8 Å². The summed E-state index contributed by atoms with van der Waals surface area (Å²) in [6, 6.07) is 18.9. The first-order valence-corrected chi connectivity index (χ1v) is 10.0. The molecule has 0 saturated heterocycles.